The smallest absolute Gasteiger partial charge is 0.430 e. The summed E-state index contributed by atoms with van der Waals surface area (Å²) in [6.07, 6.45) is 0. The van der Waals surface area contributed by atoms with Gasteiger partial charge in [0.1, 0.15) is 0 Å². The second-order valence-electron chi connectivity index (χ2n) is 0. The Morgan fingerprint density at radius 3 is 1.25 bits per heavy atom. The Bertz CT molecular complexity index is 6.00. The highest BCUT2D eigenvalue weighted by Gasteiger charge is 1.12. The first kappa shape index (κ1) is 26.7. The molecule has 0 atom stereocenters. The highest BCUT2D eigenvalue weighted by molar-refractivity contribution is 5.96. The zero-order valence-corrected chi connectivity index (χ0v) is 4.49. The van der Waals surface area contributed by atoms with Crippen molar-refractivity contribution in [2.75, 3.05) is 0 Å². The monoisotopic (exact) mass is 85.0 g/mol. The van der Waals surface area contributed by atoms with Crippen molar-refractivity contribution in [3.05, 3.63) is 0 Å². The van der Waals surface area contributed by atoms with Gasteiger partial charge in [-0.3, -0.25) is 4.70 Å². The van der Waals surface area contributed by atoms with Gasteiger partial charge in [0.25, 0.3) is 0 Å². The topological polar surface area (TPSA) is 35.0 Å². The molecule has 0 amide bonds. The fourth-order valence-corrected chi connectivity index (χ4v) is 0. The summed E-state index contributed by atoms with van der Waals surface area (Å²) in [5.41, 5.74) is 0. The quantitative estimate of drug-likeness (QED) is 0.407. The molecule has 1 nitrogen and oxygen atoms in total. The molecule has 0 aromatic rings. The number of halogens is 2. The van der Waals surface area contributed by atoms with Crippen LogP contribution in [0.2, 0.25) is 0 Å². The van der Waals surface area contributed by atoms with Crippen LogP contribution in [0.3, 0.4) is 0 Å². The van der Waals surface area contributed by atoms with Gasteiger partial charge in [0.05, 0.1) is 0 Å². The van der Waals surface area contributed by atoms with Crippen LogP contribution in [0.5, 0.6) is 0 Å². The second kappa shape index (κ2) is 149. The van der Waals surface area contributed by atoms with E-state index < -0.39 is 0 Å². The van der Waals surface area contributed by atoms with Crippen LogP contribution in [0.4, 0.5) is 8.23 Å². The SMILES string of the molecule is F.N.[F][AlH2]. The molecule has 0 saturated carbocycles. The van der Waals surface area contributed by atoms with Gasteiger partial charge in [-0.25, -0.2) is 0 Å². The Morgan fingerprint density at radius 1 is 1.25 bits per heavy atom. The average molecular weight is 85.0 g/mol. The maximum Gasteiger partial charge on any atom is 0.472 e. The lowest BCUT2D eigenvalue weighted by Gasteiger charge is -1.08. The van der Waals surface area contributed by atoms with E-state index in [0.29, 0.717) is 0 Å². The minimum Gasteiger partial charge on any atom is -0.430 e. The Labute approximate surface area is 32.0 Å². The van der Waals surface area contributed by atoms with E-state index in [0.717, 1.165) is 0 Å². The van der Waals surface area contributed by atoms with E-state index >= 15 is 0 Å². The lowest BCUT2D eigenvalue weighted by atomic mass is 14.0. The molecule has 0 saturated heterocycles. The van der Waals surface area contributed by atoms with Gasteiger partial charge in [0.15, 0.2) is 0 Å². The van der Waals surface area contributed by atoms with Crippen LogP contribution < -0.4 is 6.15 Å². The molecule has 0 rings (SSSR count). The summed E-state index contributed by atoms with van der Waals surface area (Å²) in [4.78, 5) is 0. The van der Waals surface area contributed by atoms with Crippen LogP contribution in [-0.2, 0) is 0 Å². The lowest BCUT2D eigenvalue weighted by Crippen LogP contribution is -1.06. The van der Waals surface area contributed by atoms with Gasteiger partial charge in [-0.15, -0.1) is 0 Å². The normalized spacial score (nSPS) is 1.25. The van der Waals surface area contributed by atoms with E-state index in [-0.39, 0.29) is 27.6 Å². The summed E-state index contributed by atoms with van der Waals surface area (Å²) in [5, 5.41) is 0. The number of hydrogen-bond donors (Lipinski definition) is 1. The van der Waals surface area contributed by atoms with Crippen LogP contribution in [0.25, 0.3) is 0 Å². The Hall–Kier alpha value is 0.352. The van der Waals surface area contributed by atoms with Gasteiger partial charge in [-0.1, -0.05) is 0 Å². The molecule has 0 aliphatic carbocycles. The summed E-state index contributed by atoms with van der Waals surface area (Å²) < 4.78 is 9.64. The van der Waals surface area contributed by atoms with Crippen molar-refractivity contribution in [3.8, 4) is 0 Å². The molecule has 0 radical (unpaired) electrons. The van der Waals surface area contributed by atoms with Crippen LogP contribution in [-0.4, -0.2) is 16.7 Å². The van der Waals surface area contributed by atoms with E-state index in [4.69, 9.17) is 0 Å². The minimum absolute atomic E-state index is 0. The van der Waals surface area contributed by atoms with Crippen LogP contribution >= 0.6 is 0 Å². The Balaban J connectivity index is -0.00000000500. The van der Waals surface area contributed by atoms with Gasteiger partial charge in [-0.2, -0.15) is 0 Å². The van der Waals surface area contributed by atoms with Crippen molar-refractivity contribution in [1.82, 2.24) is 6.15 Å². The highest BCUT2D eigenvalue weighted by atomic mass is 27.1. The molecule has 4 heteroatoms. The first-order chi connectivity index (χ1) is 1.00. The van der Waals surface area contributed by atoms with Crippen molar-refractivity contribution in [3.63, 3.8) is 0 Å². The summed E-state index contributed by atoms with van der Waals surface area (Å²) >= 11 is -0.194. The number of hydrogen-bond acceptors (Lipinski definition) is 1. The van der Waals surface area contributed by atoms with E-state index in [1.807, 2.05) is 0 Å². The van der Waals surface area contributed by atoms with Crippen LogP contribution in [0.1, 0.15) is 0 Å². The molecular weight excluding hydrogens is 79.0 g/mol. The molecule has 0 heterocycles. The molecule has 0 aliphatic rings. The minimum atomic E-state index is -0.194. The van der Waals surface area contributed by atoms with E-state index in [2.05, 4.69) is 0 Å². The maximum absolute atomic E-state index is 9.64. The lowest BCUT2D eigenvalue weighted by molar-refractivity contribution is 0.902. The predicted molar refractivity (Wildman–Crippen MR) is 17.2 cm³/mol. The molecule has 0 bridgehead atoms. The fraction of sp³-hybridized carbons (Fsp3) is 0. The molecule has 0 spiro atoms. The standard InChI is InChI=1S/Al.2FH.H3N.2H/h;2*1H;1H3;;/q+1;;;;;/p-1. The first-order valence-electron chi connectivity index (χ1n) is 0.378. The molecule has 4 heavy (non-hydrogen) atoms. The van der Waals surface area contributed by atoms with Gasteiger partial charge in [-0.05, 0) is 0 Å². The predicted octanol–water partition coefficient (Wildman–Crippen LogP) is -0.181. The summed E-state index contributed by atoms with van der Waals surface area (Å²) in [6.45, 7) is 0. The first-order valence-corrected chi connectivity index (χ1v) is 1.13. The molecule has 0 unspecified atom stereocenters. The van der Waals surface area contributed by atoms with Crippen molar-refractivity contribution in [1.29, 1.82) is 0 Å². The third kappa shape index (κ3) is 34.6. The van der Waals surface area contributed by atoms with E-state index in [9.17, 15) is 3.52 Å². The molecule has 0 fully saturated rings. The van der Waals surface area contributed by atoms with Gasteiger partial charge in [0.2, 0.25) is 0 Å². The van der Waals surface area contributed by atoms with Crippen molar-refractivity contribution in [2.24, 2.45) is 0 Å². The fourth-order valence-electron chi connectivity index (χ4n) is 0. The molecule has 3 N–H and O–H groups in total. The third-order valence-corrected chi connectivity index (χ3v) is 0. The Kier molecular flexibility index (Phi) is 998. The zero-order chi connectivity index (χ0) is 2.00. The van der Waals surface area contributed by atoms with E-state index in [1.165, 1.54) is 0 Å². The molecular formula is H6AlF2N. The largest absolute Gasteiger partial charge is 0.472 e. The zero-order valence-electron chi connectivity index (χ0n) is 2.49. The molecule has 28 valence electrons. The molecule has 0 aromatic heterocycles. The van der Waals surface area contributed by atoms with Crippen LogP contribution in [0.15, 0.2) is 0 Å². The maximum atomic E-state index is 9.64. The molecule has 0 aromatic carbocycles. The second-order valence-corrected chi connectivity index (χ2v) is 0. The van der Waals surface area contributed by atoms with E-state index in [1.54, 1.807) is 0 Å². The van der Waals surface area contributed by atoms with Crippen molar-refractivity contribution >= 4 is 16.7 Å². The van der Waals surface area contributed by atoms with Crippen molar-refractivity contribution in [2.45, 2.75) is 0 Å². The summed E-state index contributed by atoms with van der Waals surface area (Å²) in [7, 11) is 0. The molecule has 0 aliphatic heterocycles. The Morgan fingerprint density at radius 2 is 1.25 bits per heavy atom. The third-order valence-electron chi connectivity index (χ3n) is 0. The summed E-state index contributed by atoms with van der Waals surface area (Å²) in [6, 6.07) is 0. The average Bonchev–Trinajstić information content (AvgIpc) is 1.00. The van der Waals surface area contributed by atoms with Gasteiger partial charge >= 0.3 is 16.7 Å². The highest BCUT2D eigenvalue weighted by Crippen LogP contribution is 1.10. The van der Waals surface area contributed by atoms with Crippen molar-refractivity contribution < 1.29 is 8.23 Å². The van der Waals surface area contributed by atoms with Gasteiger partial charge < -0.3 is 9.67 Å². The van der Waals surface area contributed by atoms with Gasteiger partial charge in [0, 0.05) is 0 Å². The summed E-state index contributed by atoms with van der Waals surface area (Å²) in [5.74, 6) is 0. The number of rotatable bonds is 0. The van der Waals surface area contributed by atoms with Crippen LogP contribution in [0, 0.1) is 0 Å².